The Morgan fingerprint density at radius 1 is 1.48 bits per heavy atom. The van der Waals surface area contributed by atoms with Gasteiger partial charge in [-0.15, -0.1) is 0 Å². The number of rotatable bonds is 5. The molecule has 25 heavy (non-hydrogen) atoms. The summed E-state index contributed by atoms with van der Waals surface area (Å²) in [5, 5.41) is 3.96. The maximum atomic E-state index is 12.8. The van der Waals surface area contributed by atoms with Crippen LogP contribution < -0.4 is 5.56 Å². The van der Waals surface area contributed by atoms with Crippen LogP contribution in [0.1, 0.15) is 40.9 Å². The predicted molar refractivity (Wildman–Crippen MR) is 89.4 cm³/mol. The fourth-order valence-electron chi connectivity index (χ4n) is 3.02. The number of ether oxygens (including phenoxy) is 1. The number of amides is 1. The van der Waals surface area contributed by atoms with Crippen LogP contribution in [0.2, 0.25) is 0 Å². The van der Waals surface area contributed by atoms with Crippen molar-refractivity contribution in [1.29, 1.82) is 0 Å². The van der Waals surface area contributed by atoms with Crippen LogP contribution in [0.4, 0.5) is 0 Å². The van der Waals surface area contributed by atoms with Gasteiger partial charge < -0.3 is 19.1 Å². The van der Waals surface area contributed by atoms with E-state index in [0.717, 1.165) is 5.69 Å². The summed E-state index contributed by atoms with van der Waals surface area (Å²) in [4.78, 5) is 32.6. The second kappa shape index (κ2) is 7.60. The Hall–Kier alpha value is -2.48. The normalized spacial score (nSPS) is 17.7. The fraction of sp³-hybridized carbons (Fsp3) is 0.529. The molecule has 134 valence electrons. The van der Waals surface area contributed by atoms with E-state index in [4.69, 9.17) is 9.26 Å². The number of aromatic nitrogens is 3. The lowest BCUT2D eigenvalue weighted by atomic mass is 10.1. The lowest BCUT2D eigenvalue weighted by molar-refractivity contribution is -0.0247. The molecule has 8 nitrogen and oxygen atoms in total. The highest BCUT2D eigenvalue weighted by molar-refractivity contribution is 5.96. The summed E-state index contributed by atoms with van der Waals surface area (Å²) in [6.07, 6.45) is 3.30. The molecule has 1 unspecified atom stereocenters. The van der Waals surface area contributed by atoms with Gasteiger partial charge in [0.2, 0.25) is 0 Å². The monoisotopic (exact) mass is 346 g/mol. The minimum absolute atomic E-state index is 0.0572. The molecule has 0 spiro atoms. The van der Waals surface area contributed by atoms with E-state index >= 15 is 0 Å². The number of hydrogen-bond acceptors (Lipinski definition) is 6. The zero-order valence-corrected chi connectivity index (χ0v) is 14.4. The van der Waals surface area contributed by atoms with Crippen LogP contribution in [0, 0.1) is 6.92 Å². The van der Waals surface area contributed by atoms with Crippen molar-refractivity contribution in [3.8, 4) is 0 Å². The lowest BCUT2D eigenvalue weighted by Crippen LogP contribution is -2.46. The lowest BCUT2D eigenvalue weighted by Gasteiger charge is -2.33. The third kappa shape index (κ3) is 3.96. The average molecular weight is 346 g/mol. The van der Waals surface area contributed by atoms with Crippen molar-refractivity contribution in [2.45, 2.75) is 39.2 Å². The SMILES string of the molecule is CCc1noc(C)c1C(=O)N1CCOC(CCc2cc(=O)[nH]cn2)C1. The first kappa shape index (κ1) is 17.3. The van der Waals surface area contributed by atoms with Gasteiger partial charge >= 0.3 is 0 Å². The topological polar surface area (TPSA) is 101 Å². The van der Waals surface area contributed by atoms with Gasteiger partial charge in [0.25, 0.3) is 11.5 Å². The Morgan fingerprint density at radius 2 is 2.32 bits per heavy atom. The minimum atomic E-state index is -0.165. The van der Waals surface area contributed by atoms with Crippen LogP contribution in [-0.2, 0) is 17.6 Å². The molecular weight excluding hydrogens is 324 g/mol. The Morgan fingerprint density at radius 3 is 3.08 bits per heavy atom. The van der Waals surface area contributed by atoms with Crippen molar-refractivity contribution < 1.29 is 14.1 Å². The Balaban J connectivity index is 1.63. The van der Waals surface area contributed by atoms with E-state index in [2.05, 4.69) is 15.1 Å². The van der Waals surface area contributed by atoms with Gasteiger partial charge in [-0.25, -0.2) is 4.98 Å². The molecule has 0 saturated carbocycles. The summed E-state index contributed by atoms with van der Waals surface area (Å²) < 4.78 is 10.9. The number of aryl methyl sites for hydroxylation is 3. The van der Waals surface area contributed by atoms with E-state index in [1.54, 1.807) is 11.8 Å². The molecule has 0 aromatic carbocycles. The average Bonchev–Trinajstić information content (AvgIpc) is 3.00. The molecule has 3 heterocycles. The molecule has 0 bridgehead atoms. The molecular formula is C17H22N4O4. The number of nitrogens with zero attached hydrogens (tertiary/aromatic N) is 3. The summed E-state index contributed by atoms with van der Waals surface area (Å²) in [7, 11) is 0. The third-order valence-corrected chi connectivity index (χ3v) is 4.37. The van der Waals surface area contributed by atoms with Crippen molar-refractivity contribution in [3.05, 3.63) is 45.5 Å². The van der Waals surface area contributed by atoms with Gasteiger partial charge in [0.05, 0.1) is 24.7 Å². The number of carbonyl (C=O) groups is 1. The predicted octanol–water partition coefficient (Wildman–Crippen LogP) is 1.10. The van der Waals surface area contributed by atoms with Crippen molar-refractivity contribution in [3.63, 3.8) is 0 Å². The van der Waals surface area contributed by atoms with Crippen molar-refractivity contribution in [2.75, 3.05) is 19.7 Å². The second-order valence-corrected chi connectivity index (χ2v) is 6.10. The molecule has 1 aliphatic heterocycles. The highest BCUT2D eigenvalue weighted by Crippen LogP contribution is 2.19. The van der Waals surface area contributed by atoms with Crippen LogP contribution in [-0.4, -0.2) is 51.7 Å². The van der Waals surface area contributed by atoms with Gasteiger partial charge in [-0.3, -0.25) is 9.59 Å². The number of carbonyl (C=O) groups excluding carboxylic acids is 1. The molecule has 1 amide bonds. The summed E-state index contributed by atoms with van der Waals surface area (Å²) in [6.45, 7) is 5.26. The van der Waals surface area contributed by atoms with Gasteiger partial charge in [-0.2, -0.15) is 0 Å². The summed E-state index contributed by atoms with van der Waals surface area (Å²) in [5.41, 5.74) is 1.82. The quantitative estimate of drug-likeness (QED) is 0.870. The van der Waals surface area contributed by atoms with Crippen LogP contribution in [0.25, 0.3) is 0 Å². The summed E-state index contributed by atoms with van der Waals surface area (Å²) in [6, 6.07) is 1.49. The Kier molecular flexibility index (Phi) is 5.28. The van der Waals surface area contributed by atoms with E-state index in [9.17, 15) is 9.59 Å². The van der Waals surface area contributed by atoms with Crippen LogP contribution in [0.5, 0.6) is 0 Å². The van der Waals surface area contributed by atoms with Crippen molar-refractivity contribution in [2.24, 2.45) is 0 Å². The van der Waals surface area contributed by atoms with Crippen molar-refractivity contribution >= 4 is 5.91 Å². The molecule has 1 N–H and O–H groups in total. The highest BCUT2D eigenvalue weighted by atomic mass is 16.5. The van der Waals surface area contributed by atoms with Gasteiger partial charge in [0.1, 0.15) is 11.3 Å². The van der Waals surface area contributed by atoms with Gasteiger partial charge in [0.15, 0.2) is 0 Å². The number of morpholine rings is 1. The number of hydrogen-bond donors (Lipinski definition) is 1. The molecule has 8 heteroatoms. The molecule has 1 fully saturated rings. The molecule has 0 radical (unpaired) electrons. The zero-order chi connectivity index (χ0) is 17.8. The Labute approximate surface area is 145 Å². The number of H-pyrrole nitrogens is 1. The van der Waals surface area contributed by atoms with Crippen LogP contribution in [0.3, 0.4) is 0 Å². The number of nitrogens with one attached hydrogen (secondary N) is 1. The molecule has 2 aromatic heterocycles. The fourth-order valence-corrected chi connectivity index (χ4v) is 3.02. The third-order valence-electron chi connectivity index (χ3n) is 4.37. The number of aromatic amines is 1. The Bertz CT molecular complexity index is 798. The maximum Gasteiger partial charge on any atom is 0.259 e. The molecule has 0 aliphatic carbocycles. The van der Waals surface area contributed by atoms with E-state index in [1.165, 1.54) is 12.4 Å². The van der Waals surface area contributed by atoms with Gasteiger partial charge in [-0.05, 0) is 26.2 Å². The standard InChI is InChI=1S/C17H22N4O4/c1-3-14-16(11(2)25-20-14)17(23)21-6-7-24-13(9-21)5-4-12-8-15(22)19-10-18-12/h8,10,13H,3-7,9H2,1-2H3,(H,18,19,22). The first-order valence-corrected chi connectivity index (χ1v) is 8.48. The minimum Gasteiger partial charge on any atom is -0.375 e. The molecule has 1 aliphatic rings. The van der Waals surface area contributed by atoms with E-state index in [-0.39, 0.29) is 17.6 Å². The molecule has 2 aromatic rings. The van der Waals surface area contributed by atoms with Crippen molar-refractivity contribution in [1.82, 2.24) is 20.0 Å². The van der Waals surface area contributed by atoms with Crippen LogP contribution >= 0.6 is 0 Å². The van der Waals surface area contributed by atoms with E-state index in [1.807, 2.05) is 6.92 Å². The van der Waals surface area contributed by atoms with E-state index in [0.29, 0.717) is 56.0 Å². The highest BCUT2D eigenvalue weighted by Gasteiger charge is 2.29. The van der Waals surface area contributed by atoms with Gasteiger partial charge in [0, 0.05) is 24.8 Å². The summed E-state index contributed by atoms with van der Waals surface area (Å²) in [5.74, 6) is 0.496. The summed E-state index contributed by atoms with van der Waals surface area (Å²) >= 11 is 0. The molecule has 3 rings (SSSR count). The molecule has 1 saturated heterocycles. The zero-order valence-electron chi connectivity index (χ0n) is 14.4. The first-order chi connectivity index (χ1) is 12.1. The van der Waals surface area contributed by atoms with Crippen LogP contribution in [0.15, 0.2) is 21.7 Å². The molecule has 1 atom stereocenters. The maximum absolute atomic E-state index is 12.8. The largest absolute Gasteiger partial charge is 0.375 e. The first-order valence-electron chi connectivity index (χ1n) is 8.48. The van der Waals surface area contributed by atoms with Gasteiger partial charge in [-0.1, -0.05) is 12.1 Å². The second-order valence-electron chi connectivity index (χ2n) is 6.10. The van der Waals surface area contributed by atoms with E-state index < -0.39 is 0 Å². The smallest absolute Gasteiger partial charge is 0.259 e.